The van der Waals surface area contributed by atoms with Crippen molar-refractivity contribution in [2.24, 2.45) is 5.92 Å². The summed E-state index contributed by atoms with van der Waals surface area (Å²) in [6, 6.07) is 14.4. The molecule has 16 heavy (non-hydrogen) atoms. The molecule has 0 aliphatic heterocycles. The van der Waals surface area contributed by atoms with E-state index in [0.717, 1.165) is 5.56 Å². The molecule has 0 unspecified atom stereocenters. The number of carbonyl (C=O) groups excluding carboxylic acids is 1. The van der Waals surface area contributed by atoms with Crippen LogP contribution in [-0.2, 0) is 11.2 Å². The van der Waals surface area contributed by atoms with Gasteiger partial charge in [-0.2, -0.15) is 0 Å². The van der Waals surface area contributed by atoms with Crippen LogP contribution >= 0.6 is 0 Å². The van der Waals surface area contributed by atoms with Crippen LogP contribution in [0.2, 0.25) is 0 Å². The lowest BCUT2D eigenvalue weighted by molar-refractivity contribution is -0.121. The van der Waals surface area contributed by atoms with E-state index in [0.29, 0.717) is 12.2 Å². The van der Waals surface area contributed by atoms with Crippen molar-refractivity contribution in [3.05, 3.63) is 48.0 Å². The predicted octanol–water partition coefficient (Wildman–Crippen LogP) is 3.61. The number of Topliss-reactive ketones (excluding diaryl/α,β-unsaturated/α-hetero) is 1. The highest BCUT2D eigenvalue weighted by atomic mass is 16.1. The Bertz CT molecular complexity index is 506. The van der Waals surface area contributed by atoms with Crippen LogP contribution in [0.3, 0.4) is 0 Å². The van der Waals surface area contributed by atoms with Crippen molar-refractivity contribution in [3.63, 3.8) is 0 Å². The van der Waals surface area contributed by atoms with Gasteiger partial charge in [0.05, 0.1) is 0 Å². The van der Waals surface area contributed by atoms with Gasteiger partial charge in [-0.3, -0.25) is 4.79 Å². The topological polar surface area (TPSA) is 17.1 Å². The number of rotatable bonds is 3. The van der Waals surface area contributed by atoms with Gasteiger partial charge in [-0.05, 0) is 16.3 Å². The van der Waals surface area contributed by atoms with Crippen molar-refractivity contribution in [2.75, 3.05) is 0 Å². The van der Waals surface area contributed by atoms with Crippen molar-refractivity contribution in [1.29, 1.82) is 0 Å². The van der Waals surface area contributed by atoms with Gasteiger partial charge in [-0.25, -0.2) is 0 Å². The Morgan fingerprint density at radius 3 is 2.50 bits per heavy atom. The van der Waals surface area contributed by atoms with E-state index in [-0.39, 0.29) is 5.92 Å². The SMILES string of the molecule is CC(C)C(=O)Cc1cccc2ccccc12. The van der Waals surface area contributed by atoms with Crippen LogP contribution in [0.15, 0.2) is 42.5 Å². The summed E-state index contributed by atoms with van der Waals surface area (Å²) in [4.78, 5) is 11.8. The van der Waals surface area contributed by atoms with Crippen LogP contribution in [0.1, 0.15) is 19.4 Å². The van der Waals surface area contributed by atoms with Gasteiger partial charge in [0.1, 0.15) is 5.78 Å². The van der Waals surface area contributed by atoms with Gasteiger partial charge in [0.2, 0.25) is 0 Å². The first-order valence-corrected chi connectivity index (χ1v) is 5.68. The van der Waals surface area contributed by atoms with E-state index in [1.807, 2.05) is 38.1 Å². The molecule has 2 rings (SSSR count). The molecule has 0 aliphatic rings. The molecule has 82 valence electrons. The summed E-state index contributed by atoms with van der Waals surface area (Å²) in [5.41, 5.74) is 1.14. The first-order valence-electron chi connectivity index (χ1n) is 5.68. The molecular formula is C15H16O. The van der Waals surface area contributed by atoms with Crippen LogP contribution in [0.5, 0.6) is 0 Å². The standard InChI is InChI=1S/C15H16O/c1-11(2)15(16)10-13-8-5-7-12-6-3-4-9-14(12)13/h3-9,11H,10H2,1-2H3. The largest absolute Gasteiger partial charge is 0.299 e. The minimum atomic E-state index is 0.110. The van der Waals surface area contributed by atoms with E-state index < -0.39 is 0 Å². The second-order valence-electron chi connectivity index (χ2n) is 4.44. The molecule has 2 aromatic carbocycles. The highest BCUT2D eigenvalue weighted by molar-refractivity contribution is 5.91. The number of hydrogen-bond donors (Lipinski definition) is 0. The molecule has 0 aliphatic carbocycles. The summed E-state index contributed by atoms with van der Waals surface area (Å²) in [5.74, 6) is 0.412. The maximum absolute atomic E-state index is 11.8. The first-order chi connectivity index (χ1) is 7.68. The highest BCUT2D eigenvalue weighted by Gasteiger charge is 2.09. The van der Waals surface area contributed by atoms with Crippen molar-refractivity contribution in [3.8, 4) is 0 Å². The fourth-order valence-corrected chi connectivity index (χ4v) is 1.84. The van der Waals surface area contributed by atoms with Gasteiger partial charge in [-0.15, -0.1) is 0 Å². The first kappa shape index (κ1) is 10.9. The van der Waals surface area contributed by atoms with Gasteiger partial charge in [0, 0.05) is 12.3 Å². The lowest BCUT2D eigenvalue weighted by atomic mass is 9.96. The third-order valence-corrected chi connectivity index (χ3v) is 2.89. The molecule has 0 saturated heterocycles. The van der Waals surface area contributed by atoms with E-state index in [9.17, 15) is 4.79 Å². The zero-order valence-electron chi connectivity index (χ0n) is 9.73. The Labute approximate surface area is 96.1 Å². The molecule has 0 atom stereocenters. The van der Waals surface area contributed by atoms with E-state index in [1.165, 1.54) is 10.8 Å². The van der Waals surface area contributed by atoms with Crippen molar-refractivity contribution >= 4 is 16.6 Å². The fraction of sp³-hybridized carbons (Fsp3) is 0.267. The second kappa shape index (κ2) is 4.48. The Hall–Kier alpha value is -1.63. The summed E-state index contributed by atoms with van der Waals surface area (Å²) in [7, 11) is 0. The van der Waals surface area contributed by atoms with Gasteiger partial charge >= 0.3 is 0 Å². The minimum Gasteiger partial charge on any atom is -0.299 e. The second-order valence-corrected chi connectivity index (χ2v) is 4.44. The molecule has 0 amide bonds. The molecule has 2 aromatic rings. The quantitative estimate of drug-likeness (QED) is 0.759. The van der Waals surface area contributed by atoms with Crippen LogP contribution in [-0.4, -0.2) is 5.78 Å². The molecule has 0 radical (unpaired) electrons. The van der Waals surface area contributed by atoms with E-state index in [4.69, 9.17) is 0 Å². The fourth-order valence-electron chi connectivity index (χ4n) is 1.84. The molecule has 0 saturated carbocycles. The number of fused-ring (bicyclic) bond motifs is 1. The van der Waals surface area contributed by atoms with Gasteiger partial charge in [0.15, 0.2) is 0 Å². The van der Waals surface area contributed by atoms with E-state index >= 15 is 0 Å². The molecule has 0 spiro atoms. The number of carbonyl (C=O) groups is 1. The number of hydrogen-bond acceptors (Lipinski definition) is 1. The minimum absolute atomic E-state index is 0.110. The molecule has 1 nitrogen and oxygen atoms in total. The normalized spacial score (nSPS) is 10.9. The molecule has 0 N–H and O–H groups in total. The molecule has 0 bridgehead atoms. The maximum Gasteiger partial charge on any atom is 0.139 e. The number of ketones is 1. The van der Waals surface area contributed by atoms with Crippen molar-refractivity contribution in [2.45, 2.75) is 20.3 Å². The summed E-state index contributed by atoms with van der Waals surface area (Å²) in [5, 5.41) is 2.40. The highest BCUT2D eigenvalue weighted by Crippen LogP contribution is 2.19. The Morgan fingerprint density at radius 2 is 1.75 bits per heavy atom. The van der Waals surface area contributed by atoms with Crippen molar-refractivity contribution in [1.82, 2.24) is 0 Å². The van der Waals surface area contributed by atoms with Crippen LogP contribution in [0, 0.1) is 5.92 Å². The van der Waals surface area contributed by atoms with Crippen LogP contribution in [0.25, 0.3) is 10.8 Å². The smallest absolute Gasteiger partial charge is 0.139 e. The van der Waals surface area contributed by atoms with Crippen LogP contribution in [0.4, 0.5) is 0 Å². The maximum atomic E-state index is 11.8. The molecule has 0 heterocycles. The summed E-state index contributed by atoms with van der Waals surface area (Å²) in [6.45, 7) is 3.90. The molecule has 0 aromatic heterocycles. The summed E-state index contributed by atoms with van der Waals surface area (Å²) >= 11 is 0. The molecular weight excluding hydrogens is 196 g/mol. The third kappa shape index (κ3) is 2.13. The summed E-state index contributed by atoms with van der Waals surface area (Å²) in [6.07, 6.45) is 0.541. The third-order valence-electron chi connectivity index (χ3n) is 2.89. The average Bonchev–Trinajstić information content (AvgIpc) is 2.29. The summed E-state index contributed by atoms with van der Waals surface area (Å²) < 4.78 is 0. The Balaban J connectivity index is 2.41. The monoisotopic (exact) mass is 212 g/mol. The lowest BCUT2D eigenvalue weighted by Crippen LogP contribution is -2.10. The van der Waals surface area contributed by atoms with Crippen molar-refractivity contribution < 1.29 is 4.79 Å². The van der Waals surface area contributed by atoms with Gasteiger partial charge < -0.3 is 0 Å². The Morgan fingerprint density at radius 1 is 1.06 bits per heavy atom. The lowest BCUT2D eigenvalue weighted by Gasteiger charge is -2.07. The average molecular weight is 212 g/mol. The van der Waals surface area contributed by atoms with Crippen LogP contribution < -0.4 is 0 Å². The zero-order chi connectivity index (χ0) is 11.5. The van der Waals surface area contributed by atoms with Gasteiger partial charge in [0.25, 0.3) is 0 Å². The zero-order valence-corrected chi connectivity index (χ0v) is 9.73. The van der Waals surface area contributed by atoms with E-state index in [2.05, 4.69) is 18.2 Å². The number of benzene rings is 2. The molecule has 1 heteroatoms. The molecule has 0 fully saturated rings. The Kier molecular flexibility index (Phi) is 3.04. The van der Waals surface area contributed by atoms with E-state index in [1.54, 1.807) is 0 Å². The van der Waals surface area contributed by atoms with Gasteiger partial charge in [-0.1, -0.05) is 56.3 Å². The predicted molar refractivity (Wildman–Crippen MR) is 67.5 cm³/mol.